The molecular weight excluding hydrogens is 414 g/mol. The number of aliphatic imine (C=N–C) groups is 1. The Morgan fingerprint density at radius 1 is 1.06 bits per heavy atom. The van der Waals surface area contributed by atoms with Gasteiger partial charge < -0.3 is 14.7 Å². The molecule has 7 nitrogen and oxygen atoms in total. The molecule has 3 amide bonds. The predicted octanol–water partition coefficient (Wildman–Crippen LogP) is 3.18. The molecule has 3 heterocycles. The van der Waals surface area contributed by atoms with Crippen LogP contribution in [0.1, 0.15) is 18.1 Å². The Hall–Kier alpha value is -3.06. The SMILES string of the molecule is CCc1ccc(N2CCN3C2=NC2C3C(=O)N(Cc3cccc(Cl)c3)C(=O)N2C)cc1. The summed E-state index contributed by atoms with van der Waals surface area (Å²) in [4.78, 5) is 38.3. The third-order valence-electron chi connectivity index (χ3n) is 6.26. The first-order valence-electron chi connectivity index (χ1n) is 10.5. The van der Waals surface area contributed by atoms with Crippen molar-refractivity contribution in [2.75, 3.05) is 25.0 Å². The molecule has 2 aromatic rings. The monoisotopic (exact) mass is 437 g/mol. The molecule has 2 atom stereocenters. The fraction of sp³-hybridized carbons (Fsp3) is 0.348. The molecule has 2 aromatic carbocycles. The van der Waals surface area contributed by atoms with Crippen molar-refractivity contribution < 1.29 is 9.59 Å². The van der Waals surface area contributed by atoms with Crippen molar-refractivity contribution in [1.29, 1.82) is 0 Å². The molecule has 31 heavy (non-hydrogen) atoms. The number of anilines is 1. The van der Waals surface area contributed by atoms with E-state index < -0.39 is 12.2 Å². The highest BCUT2D eigenvalue weighted by molar-refractivity contribution is 6.30. The quantitative estimate of drug-likeness (QED) is 0.737. The number of likely N-dealkylation sites (N-methyl/N-ethyl adjacent to an activating group) is 1. The van der Waals surface area contributed by atoms with Gasteiger partial charge in [0.2, 0.25) is 5.96 Å². The van der Waals surface area contributed by atoms with Gasteiger partial charge in [0.15, 0.2) is 12.2 Å². The highest BCUT2D eigenvalue weighted by Crippen LogP contribution is 2.34. The average Bonchev–Trinajstić information content (AvgIpc) is 3.35. The number of fused-ring (bicyclic) bond motifs is 3. The second-order valence-electron chi connectivity index (χ2n) is 8.10. The van der Waals surface area contributed by atoms with Crippen LogP contribution in [0.3, 0.4) is 0 Å². The van der Waals surface area contributed by atoms with Crippen LogP contribution in [-0.4, -0.2) is 64.9 Å². The molecule has 0 aliphatic carbocycles. The number of aryl methyl sites for hydroxylation is 1. The normalized spacial score (nSPS) is 22.7. The van der Waals surface area contributed by atoms with E-state index in [1.54, 1.807) is 24.1 Å². The lowest BCUT2D eigenvalue weighted by atomic mass is 10.1. The Balaban J connectivity index is 1.42. The van der Waals surface area contributed by atoms with E-state index in [1.807, 2.05) is 17.0 Å². The van der Waals surface area contributed by atoms with Gasteiger partial charge in [-0.15, -0.1) is 0 Å². The third kappa shape index (κ3) is 3.24. The molecule has 2 fully saturated rings. The van der Waals surface area contributed by atoms with Crippen LogP contribution in [0.4, 0.5) is 10.5 Å². The van der Waals surface area contributed by atoms with Gasteiger partial charge in [-0.1, -0.05) is 42.8 Å². The second kappa shape index (κ2) is 7.57. The summed E-state index contributed by atoms with van der Waals surface area (Å²) < 4.78 is 0. The van der Waals surface area contributed by atoms with Crippen molar-refractivity contribution in [3.63, 3.8) is 0 Å². The molecule has 0 radical (unpaired) electrons. The van der Waals surface area contributed by atoms with Crippen molar-refractivity contribution >= 4 is 35.2 Å². The molecule has 3 aliphatic rings. The molecular formula is C23H24ClN5O2. The maximum atomic E-state index is 13.4. The molecule has 0 spiro atoms. The summed E-state index contributed by atoms with van der Waals surface area (Å²) in [6.07, 6.45) is 0.477. The van der Waals surface area contributed by atoms with Crippen molar-refractivity contribution in [3.8, 4) is 0 Å². The number of guanidine groups is 1. The van der Waals surface area contributed by atoms with Gasteiger partial charge in [0.25, 0.3) is 5.91 Å². The molecule has 0 saturated carbocycles. The van der Waals surface area contributed by atoms with Crippen molar-refractivity contribution in [3.05, 3.63) is 64.7 Å². The van der Waals surface area contributed by atoms with Gasteiger partial charge >= 0.3 is 6.03 Å². The van der Waals surface area contributed by atoms with E-state index in [1.165, 1.54) is 10.5 Å². The Kier molecular flexibility index (Phi) is 4.85. The Bertz CT molecular complexity index is 1070. The number of hydrogen-bond acceptors (Lipinski definition) is 5. The number of benzene rings is 2. The summed E-state index contributed by atoms with van der Waals surface area (Å²) >= 11 is 6.09. The number of carbonyl (C=O) groups is 2. The van der Waals surface area contributed by atoms with Gasteiger partial charge in [-0.25, -0.2) is 9.79 Å². The largest absolute Gasteiger partial charge is 0.328 e. The number of halogens is 1. The zero-order chi connectivity index (χ0) is 21.7. The fourth-order valence-corrected chi connectivity index (χ4v) is 4.77. The lowest BCUT2D eigenvalue weighted by Crippen LogP contribution is -2.64. The van der Waals surface area contributed by atoms with Crippen LogP contribution in [0.15, 0.2) is 53.5 Å². The van der Waals surface area contributed by atoms with Gasteiger partial charge in [0.1, 0.15) is 0 Å². The minimum absolute atomic E-state index is 0.192. The third-order valence-corrected chi connectivity index (χ3v) is 6.50. The van der Waals surface area contributed by atoms with Gasteiger partial charge in [-0.2, -0.15) is 0 Å². The zero-order valence-electron chi connectivity index (χ0n) is 17.5. The van der Waals surface area contributed by atoms with Crippen LogP contribution in [0.5, 0.6) is 0 Å². The van der Waals surface area contributed by atoms with Crippen LogP contribution in [0.25, 0.3) is 0 Å². The summed E-state index contributed by atoms with van der Waals surface area (Å²) in [5, 5.41) is 0.580. The van der Waals surface area contributed by atoms with E-state index in [2.05, 4.69) is 36.1 Å². The Morgan fingerprint density at radius 3 is 2.55 bits per heavy atom. The maximum absolute atomic E-state index is 13.4. The van der Waals surface area contributed by atoms with E-state index in [0.717, 1.165) is 30.2 Å². The molecule has 0 N–H and O–H groups in total. The number of nitrogens with zero attached hydrogens (tertiary/aromatic N) is 5. The summed E-state index contributed by atoms with van der Waals surface area (Å²) in [6.45, 7) is 3.77. The predicted molar refractivity (Wildman–Crippen MR) is 120 cm³/mol. The van der Waals surface area contributed by atoms with Gasteiger partial charge in [0, 0.05) is 30.8 Å². The van der Waals surface area contributed by atoms with E-state index >= 15 is 0 Å². The molecule has 5 rings (SSSR count). The highest BCUT2D eigenvalue weighted by atomic mass is 35.5. The number of hydrogen-bond donors (Lipinski definition) is 0. The Morgan fingerprint density at radius 2 is 1.84 bits per heavy atom. The molecule has 3 aliphatic heterocycles. The molecule has 2 unspecified atom stereocenters. The summed E-state index contributed by atoms with van der Waals surface area (Å²) in [5.41, 5.74) is 3.15. The summed E-state index contributed by atoms with van der Waals surface area (Å²) in [5.74, 6) is 0.548. The summed E-state index contributed by atoms with van der Waals surface area (Å²) in [6, 6.07) is 14.8. The molecule has 8 heteroatoms. The van der Waals surface area contributed by atoms with E-state index in [0.29, 0.717) is 11.6 Å². The van der Waals surface area contributed by atoms with Crippen molar-refractivity contribution in [1.82, 2.24) is 14.7 Å². The standard InChI is InChI=1S/C23H24ClN5O2/c1-3-15-7-9-18(10-8-15)27-11-12-28-19-20(25-22(27)28)26(2)23(31)29(21(19)30)14-16-5-4-6-17(24)13-16/h4-10,13,19-20H,3,11-12,14H2,1-2H3. The summed E-state index contributed by atoms with van der Waals surface area (Å²) in [7, 11) is 1.71. The molecule has 160 valence electrons. The first-order chi connectivity index (χ1) is 15.0. The fourth-order valence-electron chi connectivity index (χ4n) is 4.56. The van der Waals surface area contributed by atoms with E-state index in [-0.39, 0.29) is 18.5 Å². The number of rotatable bonds is 4. The lowest BCUT2D eigenvalue weighted by Gasteiger charge is -2.40. The minimum Gasteiger partial charge on any atom is -0.325 e. The number of urea groups is 1. The Labute approximate surface area is 186 Å². The van der Waals surface area contributed by atoms with Crippen LogP contribution >= 0.6 is 11.6 Å². The van der Waals surface area contributed by atoms with E-state index in [4.69, 9.17) is 16.6 Å². The first kappa shape index (κ1) is 19.9. The lowest BCUT2D eigenvalue weighted by molar-refractivity contribution is -0.137. The van der Waals surface area contributed by atoms with Crippen LogP contribution in [-0.2, 0) is 17.8 Å². The minimum atomic E-state index is -0.511. The number of amides is 3. The number of carbonyl (C=O) groups excluding carboxylic acids is 2. The maximum Gasteiger partial charge on any atom is 0.328 e. The zero-order valence-corrected chi connectivity index (χ0v) is 18.3. The topological polar surface area (TPSA) is 59.5 Å². The number of imide groups is 1. The molecule has 2 saturated heterocycles. The second-order valence-corrected chi connectivity index (χ2v) is 8.54. The van der Waals surface area contributed by atoms with Gasteiger partial charge in [-0.05, 0) is 41.8 Å². The van der Waals surface area contributed by atoms with E-state index in [9.17, 15) is 9.59 Å². The van der Waals surface area contributed by atoms with Crippen LogP contribution in [0, 0.1) is 0 Å². The first-order valence-corrected chi connectivity index (χ1v) is 10.9. The molecule has 0 bridgehead atoms. The molecule has 0 aromatic heterocycles. The average molecular weight is 438 g/mol. The van der Waals surface area contributed by atoms with Crippen LogP contribution < -0.4 is 4.90 Å². The smallest absolute Gasteiger partial charge is 0.325 e. The van der Waals surface area contributed by atoms with Gasteiger partial charge in [0.05, 0.1) is 6.54 Å². The van der Waals surface area contributed by atoms with Crippen molar-refractivity contribution in [2.24, 2.45) is 4.99 Å². The van der Waals surface area contributed by atoms with Crippen LogP contribution in [0.2, 0.25) is 5.02 Å². The highest BCUT2D eigenvalue weighted by Gasteiger charge is 2.54. The van der Waals surface area contributed by atoms with Gasteiger partial charge in [-0.3, -0.25) is 9.69 Å². The van der Waals surface area contributed by atoms with Crippen molar-refractivity contribution in [2.45, 2.75) is 32.1 Å².